The second kappa shape index (κ2) is 7.49. The zero-order valence-corrected chi connectivity index (χ0v) is 14.4. The maximum Gasteiger partial charge on any atom is 0.253 e. The van der Waals surface area contributed by atoms with Crippen LogP contribution < -0.4 is 5.73 Å². The highest BCUT2D eigenvalue weighted by Crippen LogP contribution is 2.16. The molecule has 3 rings (SSSR count). The maximum atomic E-state index is 12.6. The minimum atomic E-state index is -0.656. The van der Waals surface area contributed by atoms with E-state index in [1.54, 1.807) is 9.80 Å². The Balaban J connectivity index is 1.59. The highest BCUT2D eigenvalue weighted by Gasteiger charge is 2.28. The quantitative estimate of drug-likeness (QED) is 0.931. The van der Waals surface area contributed by atoms with Gasteiger partial charge in [-0.25, -0.2) is 0 Å². The predicted molar refractivity (Wildman–Crippen MR) is 97.0 cm³/mol. The molecule has 1 fully saturated rings. The Kier molecular flexibility index (Phi) is 5.14. The Morgan fingerprint density at radius 3 is 2.04 bits per heavy atom. The van der Waals surface area contributed by atoms with Crippen LogP contribution in [-0.4, -0.2) is 47.8 Å². The van der Waals surface area contributed by atoms with Crippen molar-refractivity contribution in [1.82, 2.24) is 9.80 Å². The monoisotopic (exact) mass is 337 g/mol. The second-order valence-electron chi connectivity index (χ2n) is 6.37. The Morgan fingerprint density at radius 1 is 0.880 bits per heavy atom. The number of hydrogen-bond acceptors (Lipinski definition) is 3. The Labute approximate surface area is 148 Å². The number of nitrogens with two attached hydrogens (primary N) is 1. The van der Waals surface area contributed by atoms with Gasteiger partial charge in [0.25, 0.3) is 5.91 Å². The Bertz CT molecular complexity index is 735. The zero-order chi connectivity index (χ0) is 17.8. The molecule has 25 heavy (non-hydrogen) atoms. The number of amides is 2. The van der Waals surface area contributed by atoms with Crippen LogP contribution >= 0.6 is 0 Å². The van der Waals surface area contributed by atoms with Gasteiger partial charge in [-0.1, -0.05) is 48.0 Å². The summed E-state index contributed by atoms with van der Waals surface area (Å²) in [5.41, 5.74) is 8.77. The highest BCUT2D eigenvalue weighted by atomic mass is 16.2. The molecule has 2 aromatic carbocycles. The summed E-state index contributed by atoms with van der Waals surface area (Å²) in [6.07, 6.45) is 0. The summed E-state index contributed by atoms with van der Waals surface area (Å²) in [7, 11) is 0. The van der Waals surface area contributed by atoms with E-state index in [1.165, 1.54) is 0 Å². The number of carbonyl (C=O) groups excluding carboxylic acids is 2. The van der Waals surface area contributed by atoms with E-state index < -0.39 is 6.04 Å². The number of aryl methyl sites for hydroxylation is 1. The molecule has 0 radical (unpaired) electrons. The lowest BCUT2D eigenvalue weighted by Gasteiger charge is -2.36. The van der Waals surface area contributed by atoms with Crippen molar-refractivity contribution < 1.29 is 9.59 Å². The number of nitrogens with zero attached hydrogens (tertiary/aromatic N) is 2. The fourth-order valence-electron chi connectivity index (χ4n) is 3.01. The molecule has 0 aliphatic carbocycles. The van der Waals surface area contributed by atoms with Crippen molar-refractivity contribution in [3.05, 3.63) is 71.3 Å². The molecule has 0 bridgehead atoms. The van der Waals surface area contributed by atoms with E-state index in [4.69, 9.17) is 5.73 Å². The molecule has 1 heterocycles. The summed E-state index contributed by atoms with van der Waals surface area (Å²) in [6, 6.07) is 16.3. The van der Waals surface area contributed by atoms with Gasteiger partial charge in [0.15, 0.2) is 0 Å². The van der Waals surface area contributed by atoms with E-state index in [2.05, 4.69) is 0 Å². The third kappa shape index (κ3) is 3.88. The standard InChI is InChI=1S/C20H23N3O2/c1-15-7-9-16(10-8-15)18(21)20(25)23-13-11-22(12-14-23)19(24)17-5-3-2-4-6-17/h2-10,18H,11-14,21H2,1H3. The molecule has 2 aromatic rings. The molecule has 1 saturated heterocycles. The van der Waals surface area contributed by atoms with Gasteiger partial charge in [-0.2, -0.15) is 0 Å². The van der Waals surface area contributed by atoms with Crippen molar-refractivity contribution in [2.75, 3.05) is 26.2 Å². The van der Waals surface area contributed by atoms with Crippen LogP contribution in [0, 0.1) is 6.92 Å². The van der Waals surface area contributed by atoms with Crippen LogP contribution in [0.3, 0.4) is 0 Å². The van der Waals surface area contributed by atoms with Crippen LogP contribution in [0.1, 0.15) is 27.5 Å². The molecule has 1 unspecified atom stereocenters. The molecule has 130 valence electrons. The van der Waals surface area contributed by atoms with Gasteiger partial charge in [0.1, 0.15) is 6.04 Å². The summed E-state index contributed by atoms with van der Waals surface area (Å²) in [5, 5.41) is 0. The van der Waals surface area contributed by atoms with Crippen molar-refractivity contribution in [2.45, 2.75) is 13.0 Å². The molecule has 1 aliphatic rings. The topological polar surface area (TPSA) is 66.6 Å². The number of benzene rings is 2. The van der Waals surface area contributed by atoms with Crippen molar-refractivity contribution in [3.63, 3.8) is 0 Å². The van der Waals surface area contributed by atoms with Gasteiger partial charge in [-0.05, 0) is 24.6 Å². The van der Waals surface area contributed by atoms with Crippen molar-refractivity contribution in [3.8, 4) is 0 Å². The van der Waals surface area contributed by atoms with E-state index in [9.17, 15) is 9.59 Å². The van der Waals surface area contributed by atoms with Gasteiger partial charge < -0.3 is 15.5 Å². The minimum Gasteiger partial charge on any atom is -0.337 e. The molecular weight excluding hydrogens is 314 g/mol. The summed E-state index contributed by atoms with van der Waals surface area (Å²) in [6.45, 7) is 4.08. The number of carbonyl (C=O) groups is 2. The summed E-state index contributed by atoms with van der Waals surface area (Å²) >= 11 is 0. The van der Waals surface area contributed by atoms with Gasteiger partial charge in [0.2, 0.25) is 5.91 Å². The lowest BCUT2D eigenvalue weighted by Crippen LogP contribution is -2.52. The normalized spacial score (nSPS) is 15.8. The average molecular weight is 337 g/mol. The van der Waals surface area contributed by atoms with E-state index >= 15 is 0 Å². The number of piperazine rings is 1. The first-order chi connectivity index (χ1) is 12.1. The molecule has 0 spiro atoms. The highest BCUT2D eigenvalue weighted by molar-refractivity contribution is 5.94. The number of hydrogen-bond donors (Lipinski definition) is 1. The van der Waals surface area contributed by atoms with Crippen LogP contribution in [0.2, 0.25) is 0 Å². The van der Waals surface area contributed by atoms with Crippen LogP contribution in [-0.2, 0) is 4.79 Å². The minimum absolute atomic E-state index is 0.00975. The molecule has 0 saturated carbocycles. The van der Waals surface area contributed by atoms with Crippen LogP contribution in [0.4, 0.5) is 0 Å². The van der Waals surface area contributed by atoms with Crippen LogP contribution in [0.25, 0.3) is 0 Å². The van der Waals surface area contributed by atoms with Crippen molar-refractivity contribution >= 4 is 11.8 Å². The molecule has 5 heteroatoms. The van der Waals surface area contributed by atoms with E-state index in [0.717, 1.165) is 11.1 Å². The Hall–Kier alpha value is -2.66. The summed E-state index contributed by atoms with van der Waals surface area (Å²) in [5.74, 6) is -0.0776. The first-order valence-corrected chi connectivity index (χ1v) is 8.51. The largest absolute Gasteiger partial charge is 0.337 e. The Morgan fingerprint density at radius 2 is 1.44 bits per heavy atom. The first-order valence-electron chi connectivity index (χ1n) is 8.51. The van der Waals surface area contributed by atoms with Gasteiger partial charge in [-0.3, -0.25) is 9.59 Å². The van der Waals surface area contributed by atoms with Crippen LogP contribution in [0.5, 0.6) is 0 Å². The van der Waals surface area contributed by atoms with Crippen molar-refractivity contribution in [1.29, 1.82) is 0 Å². The third-order valence-corrected chi connectivity index (χ3v) is 4.60. The molecule has 1 aliphatic heterocycles. The van der Waals surface area contributed by atoms with Crippen LogP contribution in [0.15, 0.2) is 54.6 Å². The zero-order valence-electron chi connectivity index (χ0n) is 14.4. The predicted octanol–water partition coefficient (Wildman–Crippen LogP) is 1.98. The summed E-state index contributed by atoms with van der Waals surface area (Å²) in [4.78, 5) is 28.6. The van der Waals surface area contributed by atoms with Gasteiger partial charge >= 0.3 is 0 Å². The summed E-state index contributed by atoms with van der Waals surface area (Å²) < 4.78 is 0. The van der Waals surface area contributed by atoms with Gasteiger partial charge in [0, 0.05) is 31.7 Å². The van der Waals surface area contributed by atoms with E-state index in [0.29, 0.717) is 31.7 Å². The third-order valence-electron chi connectivity index (χ3n) is 4.60. The smallest absolute Gasteiger partial charge is 0.253 e. The molecule has 0 aromatic heterocycles. The lowest BCUT2D eigenvalue weighted by atomic mass is 10.0. The van der Waals surface area contributed by atoms with Gasteiger partial charge in [-0.15, -0.1) is 0 Å². The molecule has 5 nitrogen and oxygen atoms in total. The average Bonchev–Trinajstić information content (AvgIpc) is 2.67. The maximum absolute atomic E-state index is 12.6. The molecule has 1 atom stereocenters. The van der Waals surface area contributed by atoms with Crippen molar-refractivity contribution in [2.24, 2.45) is 5.73 Å². The fourth-order valence-corrected chi connectivity index (χ4v) is 3.01. The fraction of sp³-hybridized carbons (Fsp3) is 0.300. The van der Waals surface area contributed by atoms with E-state index in [1.807, 2.05) is 61.5 Å². The SMILES string of the molecule is Cc1ccc(C(N)C(=O)N2CCN(C(=O)c3ccccc3)CC2)cc1. The molecule has 2 N–H and O–H groups in total. The molecular formula is C20H23N3O2. The number of rotatable bonds is 3. The van der Waals surface area contributed by atoms with E-state index in [-0.39, 0.29) is 11.8 Å². The second-order valence-corrected chi connectivity index (χ2v) is 6.37. The molecule has 2 amide bonds. The lowest BCUT2D eigenvalue weighted by molar-refractivity contribution is -0.134. The first kappa shape index (κ1) is 17.2. The van der Waals surface area contributed by atoms with Gasteiger partial charge in [0.05, 0.1) is 0 Å².